The molecule has 0 atom stereocenters. The number of allylic oxidation sites excluding steroid dienone is 5. The number of carbonyl (C=O) groups is 2. The van der Waals surface area contributed by atoms with Gasteiger partial charge in [-0.2, -0.15) is 0 Å². The first-order chi connectivity index (χ1) is 10.5. The molecule has 1 aromatic carbocycles. The van der Waals surface area contributed by atoms with E-state index in [-0.39, 0.29) is 22.8 Å². The van der Waals surface area contributed by atoms with Crippen LogP contribution in [0.4, 0.5) is 0 Å². The number of hydrogen-bond acceptors (Lipinski definition) is 6. The molecule has 1 heterocycles. The van der Waals surface area contributed by atoms with Gasteiger partial charge in [-0.15, -0.1) is 0 Å². The Balaban J connectivity index is 2.07. The van der Waals surface area contributed by atoms with E-state index in [0.717, 1.165) is 6.07 Å². The number of benzene rings is 1. The van der Waals surface area contributed by atoms with Crippen LogP contribution < -0.4 is 4.74 Å². The third-order valence-electron chi connectivity index (χ3n) is 3.42. The topological polar surface area (TPSA) is 93.1 Å². The lowest BCUT2D eigenvalue weighted by Gasteiger charge is -2.21. The Bertz CT molecular complexity index is 782. The standard InChI is InChI=1S/C16H12O6/c1-21-10-4-2-8(3-5-10)16-15(20)14(19)13-11(18)6-9(17)7-12(13)22-16/h2,4-7,17-18H,3H2,1H3. The SMILES string of the molecule is COC1=CCC(=C2Oc3cc(O)cc(O)c3C(=O)C2=O)C=C1. The molecule has 2 aliphatic rings. The fourth-order valence-corrected chi connectivity index (χ4v) is 2.33. The summed E-state index contributed by atoms with van der Waals surface area (Å²) in [6, 6.07) is 2.17. The molecule has 6 nitrogen and oxygen atoms in total. The number of fused-ring (bicyclic) bond motifs is 1. The Morgan fingerprint density at radius 1 is 1.14 bits per heavy atom. The van der Waals surface area contributed by atoms with E-state index in [4.69, 9.17) is 9.47 Å². The van der Waals surface area contributed by atoms with Crippen LogP contribution in [0.5, 0.6) is 17.2 Å². The van der Waals surface area contributed by atoms with E-state index in [9.17, 15) is 19.8 Å². The third-order valence-corrected chi connectivity index (χ3v) is 3.42. The molecule has 0 bridgehead atoms. The van der Waals surface area contributed by atoms with Crippen LogP contribution in [0, 0.1) is 0 Å². The van der Waals surface area contributed by atoms with E-state index in [1.165, 1.54) is 13.2 Å². The fraction of sp³-hybridized carbons (Fsp3) is 0.125. The van der Waals surface area contributed by atoms with Gasteiger partial charge in [0.05, 0.1) is 7.11 Å². The van der Waals surface area contributed by atoms with Crippen molar-refractivity contribution in [3.8, 4) is 17.2 Å². The number of ketones is 2. The molecule has 0 saturated heterocycles. The maximum absolute atomic E-state index is 12.2. The molecule has 0 fully saturated rings. The molecule has 0 unspecified atom stereocenters. The van der Waals surface area contributed by atoms with Crippen LogP contribution in [0.3, 0.4) is 0 Å². The van der Waals surface area contributed by atoms with Gasteiger partial charge < -0.3 is 19.7 Å². The zero-order valence-corrected chi connectivity index (χ0v) is 11.6. The van der Waals surface area contributed by atoms with Crippen LogP contribution in [0.25, 0.3) is 0 Å². The number of phenols is 2. The van der Waals surface area contributed by atoms with Crippen molar-refractivity contribution >= 4 is 11.6 Å². The van der Waals surface area contributed by atoms with Crippen molar-refractivity contribution in [3.05, 3.63) is 53.0 Å². The second-order valence-electron chi connectivity index (χ2n) is 4.80. The van der Waals surface area contributed by atoms with Gasteiger partial charge in [0.1, 0.15) is 28.6 Å². The van der Waals surface area contributed by atoms with Crippen LogP contribution >= 0.6 is 0 Å². The first-order valence-electron chi connectivity index (χ1n) is 6.49. The lowest BCUT2D eigenvalue weighted by Crippen LogP contribution is -2.27. The fourth-order valence-electron chi connectivity index (χ4n) is 2.33. The van der Waals surface area contributed by atoms with Crippen molar-refractivity contribution in [2.45, 2.75) is 6.42 Å². The number of aromatic hydroxyl groups is 2. The van der Waals surface area contributed by atoms with Crippen LogP contribution in [-0.2, 0) is 9.53 Å². The van der Waals surface area contributed by atoms with Gasteiger partial charge in [-0.05, 0) is 18.6 Å². The summed E-state index contributed by atoms with van der Waals surface area (Å²) in [5, 5.41) is 19.2. The number of ether oxygens (including phenoxy) is 2. The van der Waals surface area contributed by atoms with Crippen molar-refractivity contribution in [3.63, 3.8) is 0 Å². The maximum Gasteiger partial charge on any atom is 0.269 e. The van der Waals surface area contributed by atoms with Gasteiger partial charge in [-0.25, -0.2) is 0 Å². The summed E-state index contributed by atoms with van der Waals surface area (Å²) in [6.45, 7) is 0. The maximum atomic E-state index is 12.2. The summed E-state index contributed by atoms with van der Waals surface area (Å²) in [5.41, 5.74) is 0.285. The van der Waals surface area contributed by atoms with Gasteiger partial charge in [-0.1, -0.05) is 6.08 Å². The summed E-state index contributed by atoms with van der Waals surface area (Å²) in [4.78, 5) is 24.3. The second-order valence-corrected chi connectivity index (χ2v) is 4.80. The van der Waals surface area contributed by atoms with Crippen LogP contribution in [0.15, 0.2) is 47.5 Å². The van der Waals surface area contributed by atoms with Crippen LogP contribution in [-0.4, -0.2) is 28.9 Å². The van der Waals surface area contributed by atoms with Gasteiger partial charge in [0.15, 0.2) is 5.76 Å². The van der Waals surface area contributed by atoms with Gasteiger partial charge in [0, 0.05) is 17.7 Å². The molecule has 1 aliphatic carbocycles. The van der Waals surface area contributed by atoms with E-state index < -0.39 is 17.3 Å². The molecule has 22 heavy (non-hydrogen) atoms. The summed E-state index contributed by atoms with van der Waals surface area (Å²) >= 11 is 0. The summed E-state index contributed by atoms with van der Waals surface area (Å²) in [5.74, 6) is -1.94. The minimum atomic E-state index is -0.865. The normalized spacial score (nSPS) is 20.3. The highest BCUT2D eigenvalue weighted by atomic mass is 16.5. The molecule has 1 aromatic rings. The van der Waals surface area contributed by atoms with Gasteiger partial charge in [-0.3, -0.25) is 9.59 Å². The van der Waals surface area contributed by atoms with Gasteiger partial charge in [0.25, 0.3) is 5.78 Å². The Morgan fingerprint density at radius 3 is 2.55 bits per heavy atom. The molecule has 2 N–H and O–H groups in total. The summed E-state index contributed by atoms with van der Waals surface area (Å²) in [6.07, 6.45) is 5.41. The molecule has 6 heteroatoms. The lowest BCUT2D eigenvalue weighted by atomic mass is 9.96. The highest BCUT2D eigenvalue weighted by Crippen LogP contribution is 2.39. The van der Waals surface area contributed by atoms with Crippen molar-refractivity contribution in [1.29, 1.82) is 0 Å². The Kier molecular flexibility index (Phi) is 3.21. The van der Waals surface area contributed by atoms with Crippen molar-refractivity contribution in [2.75, 3.05) is 7.11 Å². The van der Waals surface area contributed by atoms with Crippen molar-refractivity contribution in [2.24, 2.45) is 0 Å². The number of carbonyl (C=O) groups excluding carboxylic acids is 2. The van der Waals surface area contributed by atoms with Gasteiger partial charge >= 0.3 is 0 Å². The highest BCUT2D eigenvalue weighted by Gasteiger charge is 2.36. The largest absolute Gasteiger partial charge is 0.508 e. The minimum absolute atomic E-state index is 0.0421. The Labute approximate surface area is 125 Å². The van der Waals surface area contributed by atoms with E-state index >= 15 is 0 Å². The van der Waals surface area contributed by atoms with Gasteiger partial charge in [0.2, 0.25) is 5.78 Å². The lowest BCUT2D eigenvalue weighted by molar-refractivity contribution is -0.114. The third kappa shape index (κ3) is 2.14. The zero-order chi connectivity index (χ0) is 15.9. The number of phenolic OH excluding ortho intramolecular Hbond substituents is 2. The predicted octanol–water partition coefficient (Wildman–Crippen LogP) is 1.99. The molecule has 0 spiro atoms. The average molecular weight is 300 g/mol. The quantitative estimate of drug-likeness (QED) is 0.608. The molecule has 112 valence electrons. The van der Waals surface area contributed by atoms with Crippen molar-refractivity contribution in [1.82, 2.24) is 0 Å². The van der Waals surface area contributed by atoms with E-state index in [1.807, 2.05) is 0 Å². The first kappa shape index (κ1) is 13.9. The molecular formula is C16H12O6. The smallest absolute Gasteiger partial charge is 0.269 e. The second kappa shape index (κ2) is 5.07. The molecule has 1 aliphatic heterocycles. The average Bonchev–Trinajstić information content (AvgIpc) is 2.50. The van der Waals surface area contributed by atoms with E-state index in [2.05, 4.69) is 0 Å². The summed E-state index contributed by atoms with van der Waals surface area (Å²) < 4.78 is 10.5. The summed E-state index contributed by atoms with van der Waals surface area (Å²) in [7, 11) is 1.53. The molecule has 0 saturated carbocycles. The number of methoxy groups -OCH3 is 1. The van der Waals surface area contributed by atoms with Crippen LogP contribution in [0.2, 0.25) is 0 Å². The molecule has 0 radical (unpaired) electrons. The Hall–Kier alpha value is -3.02. The molecule has 0 aromatic heterocycles. The molecule has 3 rings (SSSR count). The number of rotatable bonds is 1. The number of hydrogen-bond donors (Lipinski definition) is 2. The molecule has 0 amide bonds. The highest BCUT2D eigenvalue weighted by molar-refractivity contribution is 6.50. The first-order valence-corrected chi connectivity index (χ1v) is 6.49. The Morgan fingerprint density at radius 2 is 1.91 bits per heavy atom. The van der Waals surface area contributed by atoms with Crippen LogP contribution in [0.1, 0.15) is 16.8 Å². The molecular weight excluding hydrogens is 288 g/mol. The predicted molar refractivity (Wildman–Crippen MR) is 75.6 cm³/mol. The van der Waals surface area contributed by atoms with E-state index in [1.54, 1.807) is 18.2 Å². The monoisotopic (exact) mass is 300 g/mol. The zero-order valence-electron chi connectivity index (χ0n) is 11.6. The van der Waals surface area contributed by atoms with E-state index in [0.29, 0.717) is 17.8 Å². The number of Topliss-reactive ketones (excluding diaryl/α,β-unsaturated/α-hetero) is 2. The van der Waals surface area contributed by atoms with Crippen molar-refractivity contribution < 1.29 is 29.3 Å². The minimum Gasteiger partial charge on any atom is -0.508 e.